The zero-order valence-corrected chi connectivity index (χ0v) is 15.9. The first kappa shape index (κ1) is 17.8. The van der Waals surface area contributed by atoms with Crippen LogP contribution in [0.3, 0.4) is 0 Å². The molecule has 0 amide bonds. The average Bonchev–Trinajstić information content (AvgIpc) is 2.83. The Morgan fingerprint density at radius 2 is 1.93 bits per heavy atom. The van der Waals surface area contributed by atoms with Crippen LogP contribution in [0.1, 0.15) is 19.8 Å². The molecule has 2 atom stereocenters. The van der Waals surface area contributed by atoms with Crippen molar-refractivity contribution in [2.75, 3.05) is 20.1 Å². The summed E-state index contributed by atoms with van der Waals surface area (Å²) >= 11 is 0. The summed E-state index contributed by atoms with van der Waals surface area (Å²) in [5.41, 5.74) is 1.43. The van der Waals surface area contributed by atoms with Gasteiger partial charge in [0.15, 0.2) is 5.43 Å². The van der Waals surface area contributed by atoms with E-state index in [0.717, 1.165) is 37.2 Å². The lowest BCUT2D eigenvalue weighted by molar-refractivity contribution is 0.131. The Morgan fingerprint density at radius 1 is 1.11 bits per heavy atom. The summed E-state index contributed by atoms with van der Waals surface area (Å²) in [6.07, 6.45) is 2.33. The van der Waals surface area contributed by atoms with Crippen molar-refractivity contribution in [1.29, 1.82) is 0 Å². The van der Waals surface area contributed by atoms with Crippen LogP contribution in [0, 0.1) is 5.92 Å². The van der Waals surface area contributed by atoms with Crippen LogP contribution in [-0.4, -0.2) is 31.1 Å². The van der Waals surface area contributed by atoms with Crippen LogP contribution in [-0.2, 0) is 0 Å². The minimum atomic E-state index is -0.0470. The first-order valence-corrected chi connectivity index (χ1v) is 9.59. The van der Waals surface area contributed by atoms with Crippen molar-refractivity contribution < 1.29 is 9.15 Å². The summed E-state index contributed by atoms with van der Waals surface area (Å²) in [6, 6.07) is 16.8. The quantitative estimate of drug-likeness (QED) is 0.684. The molecule has 1 saturated heterocycles. The molecule has 0 aliphatic carbocycles. The predicted molar refractivity (Wildman–Crippen MR) is 108 cm³/mol. The fourth-order valence-corrected chi connectivity index (χ4v) is 3.85. The van der Waals surface area contributed by atoms with Crippen molar-refractivity contribution in [2.45, 2.75) is 25.9 Å². The van der Waals surface area contributed by atoms with E-state index in [1.165, 1.54) is 0 Å². The van der Waals surface area contributed by atoms with E-state index < -0.39 is 0 Å². The maximum absolute atomic E-state index is 12.7. The number of benzene rings is 2. The van der Waals surface area contributed by atoms with E-state index in [2.05, 4.69) is 18.9 Å². The van der Waals surface area contributed by atoms with Gasteiger partial charge in [-0.1, -0.05) is 37.3 Å². The highest BCUT2D eigenvalue weighted by Gasteiger charge is 2.24. The minimum Gasteiger partial charge on any atom is -0.490 e. The van der Waals surface area contributed by atoms with Crippen molar-refractivity contribution in [3.05, 3.63) is 64.8 Å². The molecular weight excluding hydrogens is 338 g/mol. The normalized spacial score (nSPS) is 21.1. The van der Waals surface area contributed by atoms with Gasteiger partial charge in [-0.25, -0.2) is 0 Å². The van der Waals surface area contributed by atoms with Crippen LogP contribution >= 0.6 is 0 Å². The van der Waals surface area contributed by atoms with Crippen LogP contribution in [0.2, 0.25) is 0 Å². The summed E-state index contributed by atoms with van der Waals surface area (Å²) in [6.45, 7) is 4.36. The van der Waals surface area contributed by atoms with Crippen molar-refractivity contribution in [2.24, 2.45) is 5.92 Å². The lowest BCUT2D eigenvalue weighted by atomic mass is 10.0. The maximum Gasteiger partial charge on any atom is 0.193 e. The smallest absolute Gasteiger partial charge is 0.193 e. The molecule has 0 spiro atoms. The van der Waals surface area contributed by atoms with Gasteiger partial charge in [0.1, 0.15) is 23.2 Å². The largest absolute Gasteiger partial charge is 0.490 e. The second-order valence-corrected chi connectivity index (χ2v) is 7.54. The lowest BCUT2D eigenvalue weighted by Gasteiger charge is -2.24. The van der Waals surface area contributed by atoms with Crippen LogP contribution in [0.25, 0.3) is 22.3 Å². The van der Waals surface area contributed by atoms with Gasteiger partial charge in [0, 0.05) is 24.1 Å². The zero-order valence-electron chi connectivity index (χ0n) is 15.9. The Hall–Kier alpha value is -2.59. The summed E-state index contributed by atoms with van der Waals surface area (Å²) in [7, 11) is 2.16. The molecule has 27 heavy (non-hydrogen) atoms. The molecule has 2 heterocycles. The average molecular weight is 363 g/mol. The van der Waals surface area contributed by atoms with Crippen LogP contribution < -0.4 is 10.2 Å². The van der Waals surface area contributed by atoms with Gasteiger partial charge in [-0.15, -0.1) is 0 Å². The van der Waals surface area contributed by atoms with Crippen molar-refractivity contribution >= 4 is 11.0 Å². The molecule has 1 aliphatic heterocycles. The molecule has 0 saturated carbocycles. The molecule has 0 bridgehead atoms. The van der Waals surface area contributed by atoms with Gasteiger partial charge in [-0.3, -0.25) is 4.79 Å². The first-order chi connectivity index (χ1) is 13.1. The Bertz CT molecular complexity index is 980. The molecule has 1 aromatic heterocycles. The SMILES string of the molecule is CC1CN(C)CCCC1Oc1ccc2oc(-c3ccccc3)cc(=O)c2c1. The summed E-state index contributed by atoms with van der Waals surface area (Å²) in [5, 5.41) is 0.561. The predicted octanol–water partition coefficient (Wildman–Crippen LogP) is 4.57. The number of rotatable bonds is 3. The third-order valence-electron chi connectivity index (χ3n) is 5.31. The molecule has 0 radical (unpaired) electrons. The molecule has 2 aromatic carbocycles. The number of hydrogen-bond acceptors (Lipinski definition) is 4. The highest BCUT2D eigenvalue weighted by molar-refractivity contribution is 5.80. The second-order valence-electron chi connectivity index (χ2n) is 7.54. The third kappa shape index (κ3) is 3.91. The van der Waals surface area contributed by atoms with Crippen molar-refractivity contribution in [3.8, 4) is 17.1 Å². The fraction of sp³-hybridized carbons (Fsp3) is 0.348. The maximum atomic E-state index is 12.7. The molecule has 0 N–H and O–H groups in total. The Balaban J connectivity index is 1.63. The lowest BCUT2D eigenvalue weighted by Crippen LogP contribution is -2.30. The number of nitrogens with zero attached hydrogens (tertiary/aromatic N) is 1. The van der Waals surface area contributed by atoms with Gasteiger partial charge < -0.3 is 14.1 Å². The van der Waals surface area contributed by atoms with Gasteiger partial charge >= 0.3 is 0 Å². The fourth-order valence-electron chi connectivity index (χ4n) is 3.85. The number of likely N-dealkylation sites (tertiary alicyclic amines) is 1. The molecule has 140 valence electrons. The van der Waals surface area contributed by atoms with E-state index >= 15 is 0 Å². The van der Waals surface area contributed by atoms with Crippen LogP contribution in [0.15, 0.2) is 63.8 Å². The molecular formula is C23H25NO3. The highest BCUT2D eigenvalue weighted by Crippen LogP contribution is 2.27. The number of hydrogen-bond donors (Lipinski definition) is 0. The van der Waals surface area contributed by atoms with Crippen LogP contribution in [0.4, 0.5) is 0 Å². The number of ether oxygens (including phenoxy) is 1. The zero-order chi connectivity index (χ0) is 18.8. The van der Waals surface area contributed by atoms with Crippen LogP contribution in [0.5, 0.6) is 5.75 Å². The van der Waals surface area contributed by atoms with E-state index in [0.29, 0.717) is 22.6 Å². The van der Waals surface area contributed by atoms with Crippen molar-refractivity contribution in [3.63, 3.8) is 0 Å². The molecule has 4 heteroatoms. The molecule has 1 fully saturated rings. The molecule has 3 aromatic rings. The van der Waals surface area contributed by atoms with Gasteiger partial charge in [0.25, 0.3) is 0 Å². The summed E-state index contributed by atoms with van der Waals surface area (Å²) < 4.78 is 12.2. The standard InChI is InChI=1S/C23H25NO3/c1-16-15-24(2)12-6-9-21(16)26-18-10-11-22-19(13-18)20(25)14-23(27-22)17-7-4-3-5-8-17/h3-5,7-8,10-11,13-14,16,21H,6,9,12,15H2,1-2H3. The molecule has 4 nitrogen and oxygen atoms in total. The Labute approximate surface area is 159 Å². The van der Waals surface area contributed by atoms with Crippen molar-refractivity contribution in [1.82, 2.24) is 4.90 Å². The Morgan fingerprint density at radius 3 is 2.74 bits per heavy atom. The second kappa shape index (κ2) is 7.57. The summed E-state index contributed by atoms with van der Waals surface area (Å²) in [5.74, 6) is 1.77. The number of fused-ring (bicyclic) bond motifs is 1. The van der Waals surface area contributed by atoms with E-state index in [1.807, 2.05) is 48.5 Å². The third-order valence-corrected chi connectivity index (χ3v) is 5.31. The van der Waals surface area contributed by atoms with Gasteiger partial charge in [0.2, 0.25) is 0 Å². The van der Waals surface area contributed by atoms with E-state index in [4.69, 9.17) is 9.15 Å². The van der Waals surface area contributed by atoms with E-state index in [1.54, 1.807) is 6.07 Å². The monoisotopic (exact) mass is 363 g/mol. The minimum absolute atomic E-state index is 0.0470. The van der Waals surface area contributed by atoms with Gasteiger partial charge in [-0.2, -0.15) is 0 Å². The Kier molecular flexibility index (Phi) is 4.99. The highest BCUT2D eigenvalue weighted by atomic mass is 16.5. The molecule has 2 unspecified atom stereocenters. The first-order valence-electron chi connectivity index (χ1n) is 9.59. The topological polar surface area (TPSA) is 42.7 Å². The van der Waals surface area contributed by atoms with Gasteiger partial charge in [0.05, 0.1) is 5.39 Å². The van der Waals surface area contributed by atoms with Gasteiger partial charge in [-0.05, 0) is 44.6 Å². The molecule has 4 rings (SSSR count). The van der Waals surface area contributed by atoms with E-state index in [9.17, 15) is 4.79 Å². The molecule has 1 aliphatic rings. The summed E-state index contributed by atoms with van der Waals surface area (Å²) in [4.78, 5) is 15.0. The van der Waals surface area contributed by atoms with E-state index in [-0.39, 0.29) is 11.5 Å².